The van der Waals surface area contributed by atoms with E-state index in [1.54, 1.807) is 50.3 Å². The predicted molar refractivity (Wildman–Crippen MR) is 252 cm³/mol. The highest BCUT2D eigenvalue weighted by Gasteiger charge is 2.35. The van der Waals surface area contributed by atoms with Crippen molar-refractivity contribution in [2.45, 2.75) is 310 Å². The molecule has 0 saturated carbocycles. The maximum Gasteiger partial charge on any atom is 0.0594 e. The Morgan fingerprint density at radius 1 is 0.151 bits per heavy atom. The summed E-state index contributed by atoms with van der Waals surface area (Å²) in [5.41, 5.74) is 0. The van der Waals surface area contributed by atoms with Crippen LogP contribution in [-0.4, -0.2) is 24.6 Å². The lowest BCUT2D eigenvalue weighted by atomic mass is 10.0. The van der Waals surface area contributed by atoms with Crippen molar-refractivity contribution in [3.8, 4) is 0 Å². The molecule has 0 fully saturated rings. The molecule has 0 aliphatic rings. The summed E-state index contributed by atoms with van der Waals surface area (Å²) in [7, 11) is -0.792. The molecule has 0 heterocycles. The Morgan fingerprint density at radius 3 is 0.396 bits per heavy atom. The molecule has 0 aromatic heterocycles. The van der Waals surface area contributed by atoms with Gasteiger partial charge in [-0.25, -0.2) is 0 Å². The van der Waals surface area contributed by atoms with Gasteiger partial charge in [-0.05, 0) is 51.4 Å². The van der Waals surface area contributed by atoms with Gasteiger partial charge in [0.1, 0.15) is 0 Å². The van der Waals surface area contributed by atoms with Gasteiger partial charge >= 0.3 is 0 Å². The minimum absolute atomic E-state index is 0.792. The maximum atomic E-state index is 2.38. The third-order valence-electron chi connectivity index (χ3n) is 12.9. The molecule has 0 saturated heterocycles. The van der Waals surface area contributed by atoms with Gasteiger partial charge in [-0.15, -0.1) is 0 Å². The topological polar surface area (TPSA) is 0 Å². The van der Waals surface area contributed by atoms with Crippen LogP contribution in [0.25, 0.3) is 0 Å². The zero-order chi connectivity index (χ0) is 38.4. The van der Waals surface area contributed by atoms with Crippen LogP contribution >= 0.6 is 7.26 Å². The first-order valence-electron chi connectivity index (χ1n) is 26.1. The van der Waals surface area contributed by atoms with Crippen molar-refractivity contribution in [3.63, 3.8) is 0 Å². The van der Waals surface area contributed by atoms with Crippen LogP contribution in [0.3, 0.4) is 0 Å². The molecule has 0 bridgehead atoms. The zero-order valence-corrected chi connectivity index (χ0v) is 39.3. The molecule has 320 valence electrons. The molecule has 53 heavy (non-hydrogen) atoms. The van der Waals surface area contributed by atoms with Crippen molar-refractivity contribution in [1.29, 1.82) is 0 Å². The molecule has 0 aromatic carbocycles. The lowest BCUT2D eigenvalue weighted by Crippen LogP contribution is -2.13. The Kier molecular flexibility index (Phi) is 47.2. The van der Waals surface area contributed by atoms with Crippen LogP contribution in [0.15, 0.2) is 0 Å². The molecule has 0 nitrogen and oxygen atoms in total. The Hall–Kier alpha value is 0.430. The van der Waals surface area contributed by atoms with Crippen molar-refractivity contribution in [2.24, 2.45) is 0 Å². The van der Waals surface area contributed by atoms with Gasteiger partial charge in [-0.3, -0.25) is 0 Å². The van der Waals surface area contributed by atoms with Crippen molar-refractivity contribution < 1.29 is 0 Å². The summed E-state index contributed by atoms with van der Waals surface area (Å²) >= 11 is 0. The van der Waals surface area contributed by atoms with Crippen LogP contribution in [0, 0.1) is 0 Å². The molecule has 0 N–H and O–H groups in total. The van der Waals surface area contributed by atoms with Crippen LogP contribution in [0.1, 0.15) is 310 Å². The summed E-state index contributed by atoms with van der Waals surface area (Å²) in [6.07, 6.45) is 72.2. The first kappa shape index (κ1) is 53.4. The van der Waals surface area contributed by atoms with E-state index in [1.807, 2.05) is 0 Å². The molecule has 0 rings (SSSR count). The lowest BCUT2D eigenvalue weighted by molar-refractivity contribution is 0.541. The fourth-order valence-electron chi connectivity index (χ4n) is 9.12. The number of unbranched alkanes of at least 4 members (excludes halogenated alkanes) is 40. The molecule has 0 aromatic rings. The van der Waals surface area contributed by atoms with Crippen LogP contribution in [0.4, 0.5) is 0 Å². The average Bonchev–Trinajstić information content (AvgIpc) is 3.17. The summed E-state index contributed by atoms with van der Waals surface area (Å²) in [4.78, 5) is 0. The van der Waals surface area contributed by atoms with Crippen LogP contribution < -0.4 is 0 Å². The zero-order valence-electron chi connectivity index (χ0n) is 38.4. The Morgan fingerprint density at radius 2 is 0.264 bits per heavy atom. The van der Waals surface area contributed by atoms with E-state index >= 15 is 0 Å². The van der Waals surface area contributed by atoms with Gasteiger partial charge < -0.3 is 0 Å². The summed E-state index contributed by atoms with van der Waals surface area (Å²) in [5.74, 6) is 0. The highest BCUT2D eigenvalue weighted by atomic mass is 31.2. The second kappa shape index (κ2) is 46.8. The standard InChI is InChI=1S/C52H108P/c1-5-9-13-17-20-23-26-29-32-35-38-42-46-50-53(49-45-41-16-12-8-4,51-47-43-39-36-33-30-27-24-21-18-14-10-6-2)52-48-44-40-37-34-31-28-25-22-19-15-11-7-3/h5-52H2,1-4H3/q+1. The number of hydrogen-bond donors (Lipinski definition) is 0. The third kappa shape index (κ3) is 41.9. The summed E-state index contributed by atoms with van der Waals surface area (Å²) < 4.78 is 0. The number of hydrogen-bond acceptors (Lipinski definition) is 0. The SMILES string of the molecule is CCCCCCCCCCCCCCC[P+](CCCCCCC)(CCCCCCCCCCCCCCC)CCCCCCCCCCCCCCC. The van der Waals surface area contributed by atoms with Gasteiger partial charge in [0.2, 0.25) is 0 Å². The van der Waals surface area contributed by atoms with E-state index < -0.39 is 7.26 Å². The van der Waals surface area contributed by atoms with Gasteiger partial charge in [0, 0.05) is 7.26 Å². The van der Waals surface area contributed by atoms with Gasteiger partial charge in [0.25, 0.3) is 0 Å². The van der Waals surface area contributed by atoms with Crippen molar-refractivity contribution in [3.05, 3.63) is 0 Å². The lowest BCUT2D eigenvalue weighted by Gasteiger charge is -2.28. The molecular weight excluding hydrogens is 656 g/mol. The van der Waals surface area contributed by atoms with E-state index in [0.717, 1.165) is 0 Å². The molecule has 0 aliphatic heterocycles. The van der Waals surface area contributed by atoms with Crippen LogP contribution in [0.5, 0.6) is 0 Å². The fourth-order valence-corrected chi connectivity index (χ4v) is 14.0. The largest absolute Gasteiger partial charge is 0.0654 e. The van der Waals surface area contributed by atoms with E-state index in [0.29, 0.717) is 0 Å². The first-order valence-corrected chi connectivity index (χ1v) is 28.6. The second-order valence-electron chi connectivity index (χ2n) is 18.4. The fraction of sp³-hybridized carbons (Fsp3) is 1.00. The van der Waals surface area contributed by atoms with E-state index in [1.165, 1.54) is 257 Å². The molecule has 0 amide bonds. The predicted octanol–water partition coefficient (Wildman–Crippen LogP) is 20.2. The van der Waals surface area contributed by atoms with Crippen molar-refractivity contribution in [1.82, 2.24) is 0 Å². The van der Waals surface area contributed by atoms with E-state index in [2.05, 4.69) is 27.7 Å². The van der Waals surface area contributed by atoms with Crippen LogP contribution in [0.2, 0.25) is 0 Å². The summed E-state index contributed by atoms with van der Waals surface area (Å²) in [6, 6.07) is 0. The average molecular weight is 764 g/mol. The monoisotopic (exact) mass is 764 g/mol. The van der Waals surface area contributed by atoms with Crippen molar-refractivity contribution in [2.75, 3.05) is 24.6 Å². The Balaban J connectivity index is 4.68. The van der Waals surface area contributed by atoms with Gasteiger partial charge in [-0.1, -0.05) is 259 Å². The van der Waals surface area contributed by atoms with E-state index in [4.69, 9.17) is 0 Å². The van der Waals surface area contributed by atoms with Crippen molar-refractivity contribution >= 4 is 7.26 Å². The Bertz CT molecular complexity index is 553. The number of rotatable bonds is 48. The van der Waals surface area contributed by atoms with E-state index in [-0.39, 0.29) is 0 Å². The Labute approximate surface area is 340 Å². The third-order valence-corrected chi connectivity index (χ3v) is 18.0. The minimum Gasteiger partial charge on any atom is -0.0654 e. The van der Waals surface area contributed by atoms with Crippen LogP contribution in [-0.2, 0) is 0 Å². The summed E-state index contributed by atoms with van der Waals surface area (Å²) in [5, 5.41) is 0. The normalized spacial score (nSPS) is 12.0. The highest BCUT2D eigenvalue weighted by Crippen LogP contribution is 2.61. The molecule has 0 atom stereocenters. The van der Waals surface area contributed by atoms with E-state index in [9.17, 15) is 0 Å². The maximum absolute atomic E-state index is 2.38. The molecule has 0 unspecified atom stereocenters. The second-order valence-corrected chi connectivity index (χ2v) is 22.9. The minimum atomic E-state index is -0.792. The molecular formula is C52H108P+. The quantitative estimate of drug-likeness (QED) is 0.0428. The highest BCUT2D eigenvalue weighted by molar-refractivity contribution is 7.75. The molecule has 0 spiro atoms. The van der Waals surface area contributed by atoms with Gasteiger partial charge in [0.05, 0.1) is 24.6 Å². The summed E-state index contributed by atoms with van der Waals surface area (Å²) in [6.45, 7) is 9.38. The molecule has 0 radical (unpaired) electrons. The van der Waals surface area contributed by atoms with Gasteiger partial charge in [0.15, 0.2) is 0 Å². The van der Waals surface area contributed by atoms with Gasteiger partial charge in [-0.2, -0.15) is 0 Å². The first-order chi connectivity index (χ1) is 26.2. The molecule has 0 aliphatic carbocycles. The molecule has 1 heteroatoms. The smallest absolute Gasteiger partial charge is 0.0594 e.